The van der Waals surface area contributed by atoms with Gasteiger partial charge in [-0.3, -0.25) is 9.78 Å². The molecule has 150 valence electrons. The van der Waals surface area contributed by atoms with Crippen molar-refractivity contribution in [3.63, 3.8) is 0 Å². The third-order valence-corrected chi connectivity index (χ3v) is 4.53. The highest BCUT2D eigenvalue weighted by Gasteiger charge is 2.07. The van der Waals surface area contributed by atoms with Gasteiger partial charge in [-0.25, -0.2) is 4.99 Å². The number of benzene rings is 2. The van der Waals surface area contributed by atoms with Crippen LogP contribution < -0.4 is 10.6 Å². The number of carbonyl (C=O) groups excluding carboxylic acids is 1. The van der Waals surface area contributed by atoms with Gasteiger partial charge in [0.25, 0.3) is 5.91 Å². The standard InChI is InChI=1S/C23H27N5O/c1-4-24-23(26-15-17-10-12-19(13-11-17)22(29)28(2)3)27-16-20-8-5-7-18-9-6-14-25-21(18)20/h5-14H,4,15-16H2,1-3H3,(H2,24,26,27). The zero-order valence-electron chi connectivity index (χ0n) is 17.1. The predicted octanol–water partition coefficient (Wildman–Crippen LogP) is 3.19. The molecule has 0 saturated carbocycles. The zero-order valence-corrected chi connectivity index (χ0v) is 17.1. The fraction of sp³-hybridized carbons (Fsp3) is 0.261. The van der Waals surface area contributed by atoms with Crippen LogP contribution in [0.25, 0.3) is 10.9 Å². The summed E-state index contributed by atoms with van der Waals surface area (Å²) in [5.74, 6) is 0.743. The van der Waals surface area contributed by atoms with Gasteiger partial charge in [-0.05, 0) is 36.2 Å². The number of pyridine rings is 1. The van der Waals surface area contributed by atoms with Crippen molar-refractivity contribution in [3.05, 3.63) is 77.5 Å². The van der Waals surface area contributed by atoms with Crippen LogP contribution in [0.15, 0.2) is 65.8 Å². The van der Waals surface area contributed by atoms with Gasteiger partial charge < -0.3 is 15.5 Å². The van der Waals surface area contributed by atoms with E-state index in [0.29, 0.717) is 18.7 Å². The number of fused-ring (bicyclic) bond motifs is 1. The van der Waals surface area contributed by atoms with Crippen molar-refractivity contribution >= 4 is 22.8 Å². The van der Waals surface area contributed by atoms with E-state index in [0.717, 1.165) is 34.5 Å². The maximum atomic E-state index is 12.0. The van der Waals surface area contributed by atoms with Gasteiger partial charge in [-0.1, -0.05) is 36.4 Å². The Bertz CT molecular complexity index is 990. The van der Waals surface area contributed by atoms with Gasteiger partial charge >= 0.3 is 0 Å². The minimum Gasteiger partial charge on any atom is -0.357 e. The highest BCUT2D eigenvalue weighted by Crippen LogP contribution is 2.15. The largest absolute Gasteiger partial charge is 0.357 e. The van der Waals surface area contributed by atoms with E-state index in [1.54, 1.807) is 19.0 Å². The molecule has 0 aliphatic rings. The van der Waals surface area contributed by atoms with E-state index < -0.39 is 0 Å². The van der Waals surface area contributed by atoms with E-state index in [1.165, 1.54) is 0 Å². The highest BCUT2D eigenvalue weighted by molar-refractivity contribution is 5.93. The monoisotopic (exact) mass is 389 g/mol. The average molecular weight is 390 g/mol. The molecular formula is C23H27N5O. The Kier molecular flexibility index (Phi) is 6.79. The summed E-state index contributed by atoms with van der Waals surface area (Å²) in [7, 11) is 3.50. The summed E-state index contributed by atoms with van der Waals surface area (Å²) in [5, 5.41) is 7.78. The van der Waals surface area contributed by atoms with Crippen molar-refractivity contribution in [2.24, 2.45) is 4.99 Å². The lowest BCUT2D eigenvalue weighted by molar-refractivity contribution is 0.0827. The van der Waals surface area contributed by atoms with Crippen molar-refractivity contribution in [1.29, 1.82) is 0 Å². The van der Waals surface area contributed by atoms with Crippen LogP contribution in [0.5, 0.6) is 0 Å². The number of aromatic nitrogens is 1. The molecule has 0 aliphatic heterocycles. The number of guanidine groups is 1. The van der Waals surface area contributed by atoms with Crippen molar-refractivity contribution in [3.8, 4) is 0 Å². The molecule has 1 heterocycles. The van der Waals surface area contributed by atoms with Gasteiger partial charge in [0.2, 0.25) is 0 Å². The Balaban J connectivity index is 1.67. The van der Waals surface area contributed by atoms with E-state index >= 15 is 0 Å². The number of para-hydroxylation sites is 1. The number of aliphatic imine (C=N–C) groups is 1. The van der Waals surface area contributed by atoms with Crippen LogP contribution in [-0.4, -0.2) is 42.4 Å². The molecule has 0 bridgehead atoms. The second-order valence-electron chi connectivity index (χ2n) is 6.94. The summed E-state index contributed by atoms with van der Waals surface area (Å²) in [6.07, 6.45) is 1.82. The molecule has 0 fully saturated rings. The summed E-state index contributed by atoms with van der Waals surface area (Å²) >= 11 is 0. The highest BCUT2D eigenvalue weighted by atomic mass is 16.2. The van der Waals surface area contributed by atoms with Gasteiger partial charge in [-0.15, -0.1) is 0 Å². The lowest BCUT2D eigenvalue weighted by Crippen LogP contribution is -2.36. The van der Waals surface area contributed by atoms with Crippen LogP contribution in [0, 0.1) is 0 Å². The molecule has 0 saturated heterocycles. The van der Waals surface area contributed by atoms with Crippen molar-refractivity contribution in [2.75, 3.05) is 20.6 Å². The third kappa shape index (κ3) is 5.31. The van der Waals surface area contributed by atoms with E-state index in [9.17, 15) is 4.79 Å². The Labute approximate surface area is 171 Å². The average Bonchev–Trinajstić information content (AvgIpc) is 2.75. The Hall–Kier alpha value is -3.41. The Morgan fingerprint density at radius 1 is 1.03 bits per heavy atom. The molecule has 6 heteroatoms. The fourth-order valence-corrected chi connectivity index (χ4v) is 3.01. The van der Waals surface area contributed by atoms with E-state index in [4.69, 9.17) is 0 Å². The van der Waals surface area contributed by atoms with Crippen molar-refractivity contribution < 1.29 is 4.79 Å². The summed E-state index contributed by atoms with van der Waals surface area (Å²) in [5.41, 5.74) is 3.85. The number of nitrogens with zero attached hydrogens (tertiary/aromatic N) is 3. The van der Waals surface area contributed by atoms with E-state index in [-0.39, 0.29) is 5.91 Å². The van der Waals surface area contributed by atoms with Crippen molar-refractivity contribution in [2.45, 2.75) is 20.0 Å². The normalized spacial score (nSPS) is 11.3. The number of nitrogens with one attached hydrogen (secondary N) is 2. The summed E-state index contributed by atoms with van der Waals surface area (Å²) in [6, 6.07) is 17.8. The van der Waals surface area contributed by atoms with E-state index in [1.807, 2.05) is 49.5 Å². The first-order valence-electron chi connectivity index (χ1n) is 9.74. The molecule has 1 amide bonds. The predicted molar refractivity (Wildman–Crippen MR) is 118 cm³/mol. The Morgan fingerprint density at radius 2 is 1.79 bits per heavy atom. The first-order chi connectivity index (χ1) is 14.1. The smallest absolute Gasteiger partial charge is 0.253 e. The first kappa shape index (κ1) is 20.3. The molecular weight excluding hydrogens is 362 g/mol. The molecule has 1 aromatic heterocycles. The number of carbonyl (C=O) groups is 1. The van der Waals surface area contributed by atoms with Crippen molar-refractivity contribution in [1.82, 2.24) is 20.5 Å². The van der Waals surface area contributed by atoms with Crippen LogP contribution in [-0.2, 0) is 13.1 Å². The topological polar surface area (TPSA) is 69.6 Å². The Morgan fingerprint density at radius 3 is 2.52 bits per heavy atom. The molecule has 2 N–H and O–H groups in total. The zero-order chi connectivity index (χ0) is 20.6. The van der Waals surface area contributed by atoms with Gasteiger partial charge in [0.05, 0.1) is 12.1 Å². The van der Waals surface area contributed by atoms with Crippen LogP contribution in [0.2, 0.25) is 0 Å². The molecule has 6 nitrogen and oxygen atoms in total. The molecule has 3 aromatic rings. The summed E-state index contributed by atoms with van der Waals surface area (Å²) in [4.78, 5) is 22.7. The first-order valence-corrected chi connectivity index (χ1v) is 9.74. The van der Waals surface area contributed by atoms with Crippen LogP contribution in [0.1, 0.15) is 28.4 Å². The molecule has 2 aromatic carbocycles. The summed E-state index contributed by atoms with van der Waals surface area (Å²) in [6.45, 7) is 3.98. The molecule has 29 heavy (non-hydrogen) atoms. The number of amides is 1. The fourth-order valence-electron chi connectivity index (χ4n) is 3.01. The number of hydrogen-bond acceptors (Lipinski definition) is 3. The van der Waals surface area contributed by atoms with Gasteiger partial charge in [0.15, 0.2) is 5.96 Å². The molecule has 0 atom stereocenters. The minimum atomic E-state index is -0.00115. The molecule has 0 aliphatic carbocycles. The lowest BCUT2D eigenvalue weighted by atomic mass is 10.1. The lowest BCUT2D eigenvalue weighted by Gasteiger charge is -2.13. The molecule has 0 radical (unpaired) electrons. The number of hydrogen-bond donors (Lipinski definition) is 2. The number of rotatable bonds is 6. The second-order valence-corrected chi connectivity index (χ2v) is 6.94. The maximum Gasteiger partial charge on any atom is 0.253 e. The molecule has 3 rings (SSSR count). The third-order valence-electron chi connectivity index (χ3n) is 4.53. The SMILES string of the molecule is CCNC(=NCc1ccc(C(=O)N(C)C)cc1)NCc1cccc2cccnc12. The van der Waals surface area contributed by atoms with Crippen LogP contribution in [0.4, 0.5) is 0 Å². The maximum absolute atomic E-state index is 12.0. The van der Waals surface area contributed by atoms with Crippen LogP contribution >= 0.6 is 0 Å². The minimum absolute atomic E-state index is 0.00115. The quantitative estimate of drug-likeness (QED) is 0.502. The summed E-state index contributed by atoms with van der Waals surface area (Å²) < 4.78 is 0. The molecule has 0 unspecified atom stereocenters. The second kappa shape index (κ2) is 9.68. The van der Waals surface area contributed by atoms with Crippen LogP contribution in [0.3, 0.4) is 0 Å². The molecule has 0 spiro atoms. The van der Waals surface area contributed by atoms with E-state index in [2.05, 4.69) is 38.8 Å². The van der Waals surface area contributed by atoms with Gasteiger partial charge in [0, 0.05) is 44.3 Å². The van der Waals surface area contributed by atoms with Gasteiger partial charge in [0.1, 0.15) is 0 Å². The van der Waals surface area contributed by atoms with Gasteiger partial charge in [-0.2, -0.15) is 0 Å².